The molecule has 15 heavy (non-hydrogen) atoms. The van der Waals surface area contributed by atoms with Gasteiger partial charge < -0.3 is 10.2 Å². The molecule has 1 aliphatic carbocycles. The van der Waals surface area contributed by atoms with Crippen LogP contribution in [0, 0.1) is 5.41 Å². The van der Waals surface area contributed by atoms with Gasteiger partial charge in [0.15, 0.2) is 0 Å². The Balaban J connectivity index is 2.33. The third-order valence-electron chi connectivity index (χ3n) is 2.54. The predicted molar refractivity (Wildman–Crippen MR) is 52.8 cm³/mol. The van der Waals surface area contributed by atoms with Gasteiger partial charge in [0.1, 0.15) is 0 Å². The van der Waals surface area contributed by atoms with Crippen LogP contribution in [0.25, 0.3) is 0 Å². The lowest BCUT2D eigenvalue weighted by atomic mass is 10.1. The topological polar surface area (TPSA) is 104 Å². The Morgan fingerprint density at radius 2 is 2.00 bits per heavy atom. The Hall–Kier alpha value is -0.660. The summed E-state index contributed by atoms with van der Waals surface area (Å²) in [7, 11) is -3.52. The maximum Gasteiger partial charge on any atom is 0.304 e. The van der Waals surface area contributed by atoms with Gasteiger partial charge in [-0.1, -0.05) is 0 Å². The van der Waals surface area contributed by atoms with Crippen molar-refractivity contribution in [2.75, 3.05) is 18.9 Å². The fourth-order valence-corrected chi connectivity index (χ4v) is 2.24. The van der Waals surface area contributed by atoms with Crippen LogP contribution in [0.5, 0.6) is 0 Å². The van der Waals surface area contributed by atoms with Crippen LogP contribution in [0.15, 0.2) is 0 Å². The van der Waals surface area contributed by atoms with E-state index in [9.17, 15) is 13.2 Å². The zero-order chi connectivity index (χ0) is 11.5. The highest BCUT2D eigenvalue weighted by molar-refractivity contribution is 7.89. The van der Waals surface area contributed by atoms with Crippen molar-refractivity contribution >= 4 is 16.0 Å². The van der Waals surface area contributed by atoms with Gasteiger partial charge >= 0.3 is 5.97 Å². The minimum Gasteiger partial charge on any atom is -0.481 e. The second kappa shape index (κ2) is 4.46. The molecule has 1 fully saturated rings. The predicted octanol–water partition coefficient (Wildman–Crippen LogP) is -0.847. The summed E-state index contributed by atoms with van der Waals surface area (Å²) in [5.41, 5.74) is -0.295. The number of nitrogens with one attached hydrogen (secondary N) is 1. The number of hydrogen-bond donors (Lipinski definition) is 3. The van der Waals surface area contributed by atoms with E-state index in [0.717, 1.165) is 12.8 Å². The monoisotopic (exact) mass is 237 g/mol. The van der Waals surface area contributed by atoms with Crippen molar-refractivity contribution < 1.29 is 23.4 Å². The van der Waals surface area contributed by atoms with Crippen molar-refractivity contribution in [1.29, 1.82) is 0 Å². The highest BCUT2D eigenvalue weighted by atomic mass is 32.2. The van der Waals surface area contributed by atoms with E-state index < -0.39 is 28.2 Å². The first-order valence-corrected chi connectivity index (χ1v) is 6.34. The molecule has 0 amide bonds. The number of carbonyl (C=O) groups is 1. The van der Waals surface area contributed by atoms with Crippen molar-refractivity contribution in [3.05, 3.63) is 0 Å². The van der Waals surface area contributed by atoms with Crippen molar-refractivity contribution in [3.8, 4) is 0 Å². The largest absolute Gasteiger partial charge is 0.481 e. The van der Waals surface area contributed by atoms with Crippen LogP contribution in [-0.4, -0.2) is 43.5 Å². The first kappa shape index (κ1) is 12.4. The summed E-state index contributed by atoms with van der Waals surface area (Å²) in [6.45, 7) is 0.167. The summed E-state index contributed by atoms with van der Waals surface area (Å²) in [6.07, 6.45) is 1.22. The van der Waals surface area contributed by atoms with Crippen LogP contribution in [0.1, 0.15) is 19.3 Å². The number of aliphatic hydroxyl groups excluding tert-OH is 1. The molecular formula is C8H15NO5S. The molecule has 1 rings (SSSR count). The van der Waals surface area contributed by atoms with Crippen molar-refractivity contribution in [2.45, 2.75) is 19.3 Å². The summed E-state index contributed by atoms with van der Waals surface area (Å²) in [6, 6.07) is 0. The minimum atomic E-state index is -3.52. The Morgan fingerprint density at radius 3 is 2.40 bits per heavy atom. The normalized spacial score (nSPS) is 18.7. The molecule has 0 heterocycles. The van der Waals surface area contributed by atoms with Crippen LogP contribution in [-0.2, 0) is 14.8 Å². The second-order valence-electron chi connectivity index (χ2n) is 3.94. The van der Waals surface area contributed by atoms with Crippen LogP contribution < -0.4 is 4.72 Å². The quantitative estimate of drug-likeness (QED) is 0.535. The standard InChI is InChI=1S/C8H15NO5S/c10-6-8(2-3-8)5-9-15(13,14)4-1-7(11)12/h9-10H,1-6H2,(H,11,12). The third-order valence-corrected chi connectivity index (χ3v) is 3.87. The molecule has 3 N–H and O–H groups in total. The molecule has 6 nitrogen and oxygen atoms in total. The number of sulfonamides is 1. The van der Waals surface area contributed by atoms with Gasteiger partial charge in [-0.3, -0.25) is 4.79 Å². The number of hydrogen-bond acceptors (Lipinski definition) is 4. The van der Waals surface area contributed by atoms with Crippen molar-refractivity contribution in [2.24, 2.45) is 5.41 Å². The van der Waals surface area contributed by atoms with Gasteiger partial charge in [-0.15, -0.1) is 0 Å². The summed E-state index contributed by atoms with van der Waals surface area (Å²) < 4.78 is 24.9. The van der Waals surface area contributed by atoms with Gasteiger partial charge in [0, 0.05) is 18.6 Å². The third kappa shape index (κ3) is 4.15. The minimum absolute atomic E-state index is 0.0333. The molecule has 0 saturated heterocycles. The van der Waals surface area contributed by atoms with Gasteiger partial charge in [-0.25, -0.2) is 13.1 Å². The number of rotatable bonds is 7. The molecule has 1 saturated carbocycles. The number of carboxylic acids is 1. The Morgan fingerprint density at radius 1 is 1.40 bits per heavy atom. The molecule has 0 aliphatic heterocycles. The number of carboxylic acid groups (broad SMARTS) is 1. The molecule has 0 radical (unpaired) electrons. The van der Waals surface area contributed by atoms with Crippen molar-refractivity contribution in [3.63, 3.8) is 0 Å². The van der Waals surface area contributed by atoms with E-state index in [1.54, 1.807) is 0 Å². The van der Waals surface area contributed by atoms with Gasteiger partial charge in [0.2, 0.25) is 10.0 Å². The summed E-state index contributed by atoms with van der Waals surface area (Å²) in [5, 5.41) is 17.3. The Kier molecular flexibility index (Phi) is 3.69. The van der Waals surface area contributed by atoms with Crippen LogP contribution in [0.4, 0.5) is 0 Å². The lowest BCUT2D eigenvalue weighted by Gasteiger charge is -2.12. The molecule has 0 aromatic rings. The van der Waals surface area contributed by atoms with E-state index in [1.807, 2.05) is 0 Å². The van der Waals surface area contributed by atoms with E-state index in [1.165, 1.54) is 0 Å². The van der Waals surface area contributed by atoms with Crippen LogP contribution in [0.2, 0.25) is 0 Å². The molecule has 7 heteroatoms. The molecule has 0 aromatic heterocycles. The van der Waals surface area contributed by atoms with E-state index in [-0.39, 0.29) is 18.6 Å². The number of aliphatic hydroxyl groups is 1. The maximum absolute atomic E-state index is 11.3. The first-order chi connectivity index (χ1) is 6.89. The average Bonchev–Trinajstić information content (AvgIpc) is 2.93. The molecule has 0 atom stereocenters. The smallest absolute Gasteiger partial charge is 0.304 e. The molecule has 0 unspecified atom stereocenters. The van der Waals surface area contributed by atoms with Crippen LogP contribution >= 0.6 is 0 Å². The SMILES string of the molecule is O=C(O)CCS(=O)(=O)NCC1(CO)CC1. The second-order valence-corrected chi connectivity index (χ2v) is 5.87. The molecule has 0 aromatic carbocycles. The van der Waals surface area contributed by atoms with E-state index >= 15 is 0 Å². The Labute approximate surface area is 88.3 Å². The van der Waals surface area contributed by atoms with Gasteiger partial charge in [0.25, 0.3) is 0 Å². The van der Waals surface area contributed by atoms with E-state index in [4.69, 9.17) is 10.2 Å². The summed E-state index contributed by atoms with van der Waals surface area (Å²) >= 11 is 0. The summed E-state index contributed by atoms with van der Waals surface area (Å²) in [4.78, 5) is 10.2. The molecule has 0 bridgehead atoms. The summed E-state index contributed by atoms with van der Waals surface area (Å²) in [5.74, 6) is -1.55. The highest BCUT2D eigenvalue weighted by Gasteiger charge is 2.42. The van der Waals surface area contributed by atoms with E-state index in [2.05, 4.69) is 4.72 Å². The molecular weight excluding hydrogens is 222 g/mol. The molecule has 1 aliphatic rings. The maximum atomic E-state index is 11.3. The van der Waals surface area contributed by atoms with Gasteiger partial charge in [-0.05, 0) is 12.8 Å². The van der Waals surface area contributed by atoms with E-state index in [0.29, 0.717) is 0 Å². The van der Waals surface area contributed by atoms with Gasteiger partial charge in [-0.2, -0.15) is 0 Å². The lowest BCUT2D eigenvalue weighted by Crippen LogP contribution is -2.34. The Bertz CT molecular complexity index is 333. The zero-order valence-electron chi connectivity index (χ0n) is 8.27. The highest BCUT2D eigenvalue weighted by Crippen LogP contribution is 2.44. The fourth-order valence-electron chi connectivity index (χ4n) is 1.12. The zero-order valence-corrected chi connectivity index (χ0v) is 9.09. The average molecular weight is 237 g/mol. The number of aliphatic carboxylic acids is 1. The fraction of sp³-hybridized carbons (Fsp3) is 0.875. The van der Waals surface area contributed by atoms with Crippen molar-refractivity contribution in [1.82, 2.24) is 4.72 Å². The lowest BCUT2D eigenvalue weighted by molar-refractivity contribution is -0.136. The van der Waals surface area contributed by atoms with Gasteiger partial charge in [0.05, 0.1) is 12.2 Å². The molecule has 88 valence electrons. The molecule has 0 spiro atoms. The first-order valence-electron chi connectivity index (χ1n) is 4.69. The van der Waals surface area contributed by atoms with Crippen LogP contribution in [0.3, 0.4) is 0 Å².